The molecule has 4 heteroatoms. The Morgan fingerprint density at radius 3 is 2.40 bits per heavy atom. The molecule has 1 aromatic heterocycles. The molecule has 1 aliphatic carbocycles. The zero-order chi connectivity index (χ0) is 17.1. The molecule has 0 unspecified atom stereocenters. The third-order valence-electron chi connectivity index (χ3n) is 5.57. The highest BCUT2D eigenvalue weighted by Gasteiger charge is 2.44. The number of benzene rings is 1. The van der Waals surface area contributed by atoms with Gasteiger partial charge in [-0.15, -0.1) is 0 Å². The Hall–Kier alpha value is -2.36. The Kier molecular flexibility index (Phi) is 4.43. The first-order chi connectivity index (χ1) is 12.2. The zero-order valence-corrected chi connectivity index (χ0v) is 14.5. The monoisotopic (exact) mass is 335 g/mol. The maximum Gasteiger partial charge on any atom is 0.317 e. The van der Waals surface area contributed by atoms with Gasteiger partial charge in [0.25, 0.3) is 0 Å². The van der Waals surface area contributed by atoms with E-state index in [1.807, 2.05) is 23.4 Å². The van der Waals surface area contributed by atoms with Crippen LogP contribution in [0.25, 0.3) is 0 Å². The van der Waals surface area contributed by atoms with Crippen molar-refractivity contribution in [2.24, 2.45) is 0 Å². The van der Waals surface area contributed by atoms with Gasteiger partial charge in [-0.3, -0.25) is 4.98 Å². The van der Waals surface area contributed by atoms with Gasteiger partial charge in [-0.1, -0.05) is 30.3 Å². The summed E-state index contributed by atoms with van der Waals surface area (Å²) < 4.78 is 0. The highest BCUT2D eigenvalue weighted by Crippen LogP contribution is 2.39. The van der Waals surface area contributed by atoms with Crippen molar-refractivity contribution in [2.75, 3.05) is 13.1 Å². The number of pyridine rings is 1. The molecular weight excluding hydrogens is 310 g/mol. The Bertz CT molecular complexity index is 704. The number of aromatic nitrogens is 1. The lowest BCUT2D eigenvalue weighted by atomic mass is 9.90. The predicted octanol–water partition coefficient (Wildman–Crippen LogP) is 3.75. The second kappa shape index (κ2) is 6.87. The van der Waals surface area contributed by atoms with E-state index in [9.17, 15) is 4.79 Å². The van der Waals surface area contributed by atoms with Crippen LogP contribution in [0.1, 0.15) is 42.7 Å². The second-order valence-electron chi connectivity index (χ2n) is 7.41. The summed E-state index contributed by atoms with van der Waals surface area (Å²) >= 11 is 0. The van der Waals surface area contributed by atoms with E-state index in [0.29, 0.717) is 5.92 Å². The van der Waals surface area contributed by atoms with Crippen molar-refractivity contribution < 1.29 is 4.79 Å². The second-order valence-corrected chi connectivity index (χ2v) is 7.41. The Labute approximate surface area is 149 Å². The van der Waals surface area contributed by atoms with Crippen LogP contribution in [0.4, 0.5) is 4.79 Å². The Balaban J connectivity index is 1.31. The lowest BCUT2D eigenvalue weighted by Gasteiger charge is -2.33. The van der Waals surface area contributed by atoms with Gasteiger partial charge in [0, 0.05) is 31.0 Å². The largest absolute Gasteiger partial charge is 0.332 e. The lowest BCUT2D eigenvalue weighted by Crippen LogP contribution is -2.49. The molecule has 0 atom stereocenters. The van der Waals surface area contributed by atoms with Crippen molar-refractivity contribution in [3.63, 3.8) is 0 Å². The van der Waals surface area contributed by atoms with Crippen LogP contribution < -0.4 is 5.32 Å². The van der Waals surface area contributed by atoms with E-state index in [0.717, 1.165) is 45.2 Å². The average molecular weight is 335 g/mol. The SMILES string of the molecule is O=C(NC1(Cc2ccccc2)CC1)N1CCC(c2ccncc2)CC1. The summed E-state index contributed by atoms with van der Waals surface area (Å²) in [4.78, 5) is 18.8. The van der Waals surface area contributed by atoms with Gasteiger partial charge in [-0.2, -0.15) is 0 Å². The number of nitrogens with zero attached hydrogens (tertiary/aromatic N) is 2. The summed E-state index contributed by atoms with van der Waals surface area (Å²) in [6, 6.07) is 14.8. The minimum atomic E-state index is -0.0135. The molecule has 2 heterocycles. The molecule has 2 amide bonds. The van der Waals surface area contributed by atoms with E-state index < -0.39 is 0 Å². The van der Waals surface area contributed by atoms with E-state index >= 15 is 0 Å². The standard InChI is InChI=1S/C21H25N3O/c25-20(23-21(10-11-21)16-17-4-2-1-3-5-17)24-14-8-19(9-15-24)18-6-12-22-13-7-18/h1-7,12-13,19H,8-11,14-16H2,(H,23,25). The average Bonchev–Trinajstić information content (AvgIpc) is 3.42. The molecule has 1 saturated carbocycles. The summed E-state index contributed by atoms with van der Waals surface area (Å²) in [6.45, 7) is 1.67. The summed E-state index contributed by atoms with van der Waals surface area (Å²) in [5.74, 6) is 0.547. The first-order valence-electron chi connectivity index (χ1n) is 9.25. The summed E-state index contributed by atoms with van der Waals surface area (Å²) in [6.07, 6.45) is 8.88. The van der Waals surface area contributed by atoms with Crippen molar-refractivity contribution in [1.82, 2.24) is 15.2 Å². The number of urea groups is 1. The Morgan fingerprint density at radius 1 is 1.08 bits per heavy atom. The van der Waals surface area contributed by atoms with Gasteiger partial charge < -0.3 is 10.2 Å². The van der Waals surface area contributed by atoms with Crippen molar-refractivity contribution in [3.8, 4) is 0 Å². The molecule has 1 saturated heterocycles. The number of likely N-dealkylation sites (tertiary alicyclic amines) is 1. The van der Waals surface area contributed by atoms with Crippen LogP contribution >= 0.6 is 0 Å². The highest BCUT2D eigenvalue weighted by molar-refractivity contribution is 5.75. The molecule has 4 rings (SSSR count). The number of carbonyl (C=O) groups excluding carboxylic acids is 1. The van der Waals surface area contributed by atoms with E-state index in [4.69, 9.17) is 0 Å². The predicted molar refractivity (Wildman–Crippen MR) is 98.4 cm³/mol. The molecule has 0 bridgehead atoms. The van der Waals surface area contributed by atoms with Crippen LogP contribution in [-0.2, 0) is 6.42 Å². The fraction of sp³-hybridized carbons (Fsp3) is 0.429. The third-order valence-corrected chi connectivity index (χ3v) is 5.57. The lowest BCUT2D eigenvalue weighted by molar-refractivity contribution is 0.176. The van der Waals surface area contributed by atoms with Gasteiger partial charge in [0.1, 0.15) is 0 Å². The minimum absolute atomic E-state index is 0.0135. The fourth-order valence-electron chi connectivity index (χ4n) is 3.84. The van der Waals surface area contributed by atoms with Crippen LogP contribution in [0.2, 0.25) is 0 Å². The maximum atomic E-state index is 12.7. The molecule has 2 aliphatic rings. The number of piperidine rings is 1. The summed E-state index contributed by atoms with van der Waals surface area (Å²) in [5, 5.41) is 3.32. The molecule has 0 spiro atoms. The van der Waals surface area contributed by atoms with E-state index in [1.54, 1.807) is 0 Å². The number of hydrogen-bond donors (Lipinski definition) is 1. The van der Waals surface area contributed by atoms with Gasteiger partial charge in [0.15, 0.2) is 0 Å². The van der Waals surface area contributed by atoms with Gasteiger partial charge in [-0.25, -0.2) is 4.79 Å². The van der Waals surface area contributed by atoms with Gasteiger partial charge >= 0.3 is 6.03 Å². The van der Waals surface area contributed by atoms with E-state index in [-0.39, 0.29) is 11.6 Å². The van der Waals surface area contributed by atoms with Crippen LogP contribution in [0.15, 0.2) is 54.9 Å². The molecule has 0 radical (unpaired) electrons. The molecule has 2 fully saturated rings. The minimum Gasteiger partial charge on any atom is -0.332 e. The van der Waals surface area contributed by atoms with E-state index in [1.165, 1.54) is 11.1 Å². The van der Waals surface area contributed by atoms with Crippen LogP contribution in [-0.4, -0.2) is 34.5 Å². The molecule has 1 N–H and O–H groups in total. The normalized spacial score (nSPS) is 19.4. The van der Waals surface area contributed by atoms with Gasteiger partial charge in [0.2, 0.25) is 0 Å². The summed E-state index contributed by atoms with van der Waals surface area (Å²) in [7, 11) is 0. The summed E-state index contributed by atoms with van der Waals surface area (Å²) in [5.41, 5.74) is 2.63. The van der Waals surface area contributed by atoms with Crippen molar-refractivity contribution in [2.45, 2.75) is 43.6 Å². The molecule has 1 aliphatic heterocycles. The molecule has 25 heavy (non-hydrogen) atoms. The zero-order valence-electron chi connectivity index (χ0n) is 14.5. The van der Waals surface area contributed by atoms with Crippen LogP contribution in [0.3, 0.4) is 0 Å². The first kappa shape index (κ1) is 16.1. The molecular formula is C21H25N3O. The van der Waals surface area contributed by atoms with Crippen molar-refractivity contribution >= 4 is 6.03 Å². The number of nitrogens with one attached hydrogen (secondary N) is 1. The molecule has 2 aromatic rings. The van der Waals surface area contributed by atoms with Crippen LogP contribution in [0, 0.1) is 0 Å². The fourth-order valence-corrected chi connectivity index (χ4v) is 3.84. The number of hydrogen-bond acceptors (Lipinski definition) is 2. The molecule has 130 valence electrons. The number of amides is 2. The van der Waals surface area contributed by atoms with Crippen molar-refractivity contribution in [1.29, 1.82) is 0 Å². The van der Waals surface area contributed by atoms with Gasteiger partial charge in [0.05, 0.1) is 0 Å². The third kappa shape index (κ3) is 3.84. The molecule has 4 nitrogen and oxygen atoms in total. The first-order valence-corrected chi connectivity index (χ1v) is 9.25. The maximum absolute atomic E-state index is 12.7. The smallest absolute Gasteiger partial charge is 0.317 e. The quantitative estimate of drug-likeness (QED) is 0.925. The molecule has 1 aromatic carbocycles. The highest BCUT2D eigenvalue weighted by atomic mass is 16.2. The van der Waals surface area contributed by atoms with Crippen LogP contribution in [0.5, 0.6) is 0 Å². The topological polar surface area (TPSA) is 45.2 Å². The van der Waals surface area contributed by atoms with Crippen molar-refractivity contribution in [3.05, 3.63) is 66.0 Å². The van der Waals surface area contributed by atoms with Gasteiger partial charge in [-0.05, 0) is 61.3 Å². The van der Waals surface area contributed by atoms with E-state index in [2.05, 4.69) is 46.7 Å². The number of carbonyl (C=O) groups is 1. The number of rotatable bonds is 4. The Morgan fingerprint density at radius 2 is 1.76 bits per heavy atom.